The molecule has 0 unspecified atom stereocenters. The number of nitrogens with one attached hydrogen (secondary N) is 1. The van der Waals surface area contributed by atoms with Crippen LogP contribution in [-0.2, 0) is 10.0 Å². The number of hydrogen-bond donors (Lipinski definition) is 1. The second-order valence-corrected chi connectivity index (χ2v) is 10.0. The van der Waals surface area contributed by atoms with E-state index in [2.05, 4.69) is 41.5 Å². The predicted octanol–water partition coefficient (Wildman–Crippen LogP) is 5.03. The lowest BCUT2D eigenvalue weighted by molar-refractivity contribution is 0.208. The molecule has 1 saturated heterocycles. The number of sulfonamides is 1. The summed E-state index contributed by atoms with van der Waals surface area (Å²) in [7, 11) is -2.46. The number of likely N-dealkylation sites (N-methyl/N-ethyl adjacent to an activating group) is 1. The van der Waals surface area contributed by atoms with Crippen molar-refractivity contribution in [3.05, 3.63) is 49.9 Å². The Bertz CT molecular complexity index is 998. The lowest BCUT2D eigenvalue weighted by atomic mass is 10.3. The fraction of sp³-hybridized carbons (Fsp3) is 0.294. The zero-order valence-electron chi connectivity index (χ0n) is 14.5. The Morgan fingerprint density at radius 2 is 2.00 bits per heavy atom. The van der Waals surface area contributed by atoms with Gasteiger partial charge in [0.1, 0.15) is 22.6 Å². The lowest BCUT2D eigenvalue weighted by Crippen LogP contribution is -2.21. The molecule has 0 aliphatic carbocycles. The highest BCUT2D eigenvalue weighted by Gasteiger charge is 2.28. The van der Waals surface area contributed by atoms with Gasteiger partial charge in [-0.1, -0.05) is 11.6 Å². The highest BCUT2D eigenvalue weighted by molar-refractivity contribution is 9.11. The van der Waals surface area contributed by atoms with Gasteiger partial charge in [0.25, 0.3) is 10.0 Å². The van der Waals surface area contributed by atoms with E-state index in [1.807, 2.05) is 7.05 Å². The summed E-state index contributed by atoms with van der Waals surface area (Å²) in [6.07, 6.45) is 0.748. The van der Waals surface area contributed by atoms with Gasteiger partial charge in [-0.3, -0.25) is 4.72 Å². The van der Waals surface area contributed by atoms with E-state index in [-0.39, 0.29) is 16.3 Å². The van der Waals surface area contributed by atoms with Gasteiger partial charge >= 0.3 is 0 Å². The number of anilines is 1. The van der Waals surface area contributed by atoms with Crippen LogP contribution in [0.2, 0.25) is 5.02 Å². The molecule has 2 aromatic carbocycles. The number of halogens is 5. The summed E-state index contributed by atoms with van der Waals surface area (Å²) in [5.41, 5.74) is 0.109. The van der Waals surface area contributed by atoms with Gasteiger partial charge in [-0.25, -0.2) is 17.2 Å². The smallest absolute Gasteiger partial charge is 0.266 e. The number of hydrogen-bond acceptors (Lipinski definition) is 4. The Morgan fingerprint density at radius 1 is 1.29 bits per heavy atom. The zero-order valence-corrected chi connectivity index (χ0v) is 19.2. The molecule has 5 nitrogen and oxygen atoms in total. The number of rotatable bonds is 5. The maximum Gasteiger partial charge on any atom is 0.266 e. The van der Waals surface area contributed by atoms with Crippen LogP contribution in [0.4, 0.5) is 14.5 Å². The van der Waals surface area contributed by atoms with Crippen LogP contribution in [0.15, 0.2) is 38.1 Å². The first-order valence-electron chi connectivity index (χ1n) is 8.09. The molecule has 0 radical (unpaired) electrons. The summed E-state index contributed by atoms with van der Waals surface area (Å²) in [5.74, 6) is -1.72. The van der Waals surface area contributed by atoms with Crippen LogP contribution >= 0.6 is 43.5 Å². The molecule has 28 heavy (non-hydrogen) atoms. The third kappa shape index (κ3) is 4.62. The topological polar surface area (TPSA) is 58.6 Å². The average Bonchev–Trinajstić information content (AvgIpc) is 3.01. The Kier molecular flexibility index (Phi) is 6.55. The van der Waals surface area contributed by atoms with Crippen LogP contribution in [0.3, 0.4) is 0 Å². The Balaban J connectivity index is 1.90. The fourth-order valence-electron chi connectivity index (χ4n) is 2.82. The quantitative estimate of drug-likeness (QED) is 0.522. The molecule has 3 rings (SSSR count). The molecule has 1 aliphatic rings. The van der Waals surface area contributed by atoms with Crippen LogP contribution in [0.25, 0.3) is 0 Å². The van der Waals surface area contributed by atoms with E-state index < -0.39 is 31.0 Å². The molecule has 1 aliphatic heterocycles. The molecule has 1 atom stereocenters. The maximum atomic E-state index is 14.4. The molecule has 0 aromatic heterocycles. The van der Waals surface area contributed by atoms with Crippen molar-refractivity contribution in [3.8, 4) is 5.75 Å². The van der Waals surface area contributed by atoms with E-state index in [1.165, 1.54) is 18.2 Å². The fourth-order valence-corrected chi connectivity index (χ4v) is 5.66. The van der Waals surface area contributed by atoms with Crippen molar-refractivity contribution < 1.29 is 21.9 Å². The Morgan fingerprint density at radius 3 is 2.64 bits per heavy atom. The SMILES string of the molecule is CN1CC[C@@H](Oc2cc(NS(=O)(=O)c3c(F)c(Br)cc(F)c3Br)ccc2Cl)C1. The summed E-state index contributed by atoms with van der Waals surface area (Å²) in [6, 6.07) is 5.14. The van der Waals surface area contributed by atoms with Gasteiger partial charge < -0.3 is 9.64 Å². The molecule has 1 fully saturated rings. The van der Waals surface area contributed by atoms with Gasteiger partial charge in [0.15, 0.2) is 5.82 Å². The lowest BCUT2D eigenvalue weighted by Gasteiger charge is -2.17. The van der Waals surface area contributed by atoms with Crippen molar-refractivity contribution in [2.75, 3.05) is 24.9 Å². The molecule has 1 N–H and O–H groups in total. The van der Waals surface area contributed by atoms with Gasteiger partial charge in [0, 0.05) is 19.2 Å². The summed E-state index contributed by atoms with van der Waals surface area (Å²) < 4.78 is 60.9. The molecular formula is C17H15Br2ClF2N2O3S. The van der Waals surface area contributed by atoms with Gasteiger partial charge in [-0.2, -0.15) is 0 Å². The minimum absolute atomic E-state index is 0.0693. The third-order valence-electron chi connectivity index (χ3n) is 4.17. The first-order chi connectivity index (χ1) is 13.1. The van der Waals surface area contributed by atoms with E-state index in [0.717, 1.165) is 25.6 Å². The molecule has 2 aromatic rings. The van der Waals surface area contributed by atoms with Crippen LogP contribution < -0.4 is 9.46 Å². The minimum atomic E-state index is -4.43. The van der Waals surface area contributed by atoms with E-state index in [9.17, 15) is 17.2 Å². The van der Waals surface area contributed by atoms with Crippen molar-refractivity contribution in [3.63, 3.8) is 0 Å². The van der Waals surface area contributed by atoms with Gasteiger partial charge in [0.2, 0.25) is 0 Å². The highest BCUT2D eigenvalue weighted by Crippen LogP contribution is 2.35. The molecule has 11 heteroatoms. The van der Waals surface area contributed by atoms with Crippen molar-refractivity contribution in [2.24, 2.45) is 0 Å². The third-order valence-corrected chi connectivity index (χ3v) is 7.52. The summed E-state index contributed by atoms with van der Waals surface area (Å²) in [4.78, 5) is 1.27. The van der Waals surface area contributed by atoms with E-state index in [0.29, 0.717) is 10.8 Å². The molecule has 1 heterocycles. The van der Waals surface area contributed by atoms with Crippen molar-refractivity contribution in [1.29, 1.82) is 0 Å². The van der Waals surface area contributed by atoms with Crippen LogP contribution in [0, 0.1) is 11.6 Å². The Labute approximate surface area is 183 Å². The summed E-state index contributed by atoms with van der Waals surface area (Å²) in [6.45, 7) is 1.61. The minimum Gasteiger partial charge on any atom is -0.487 e. The van der Waals surface area contributed by atoms with Gasteiger partial charge in [-0.05, 0) is 63.5 Å². The first-order valence-corrected chi connectivity index (χ1v) is 11.5. The van der Waals surface area contributed by atoms with Crippen molar-refractivity contribution >= 4 is 59.2 Å². The number of ether oxygens (including phenoxy) is 1. The largest absolute Gasteiger partial charge is 0.487 e. The molecule has 0 amide bonds. The van der Waals surface area contributed by atoms with Crippen molar-refractivity contribution in [2.45, 2.75) is 17.4 Å². The first kappa shape index (κ1) is 21.8. The number of nitrogens with zero attached hydrogens (tertiary/aromatic N) is 1. The zero-order chi connectivity index (χ0) is 20.6. The monoisotopic (exact) mass is 558 g/mol. The maximum absolute atomic E-state index is 14.4. The Hall–Kier alpha value is -0.940. The predicted molar refractivity (Wildman–Crippen MR) is 111 cm³/mol. The number of likely N-dealkylation sites (tertiary alicyclic amines) is 1. The van der Waals surface area contributed by atoms with Gasteiger partial charge in [-0.15, -0.1) is 0 Å². The second kappa shape index (κ2) is 8.43. The molecule has 0 bridgehead atoms. The summed E-state index contributed by atoms with van der Waals surface area (Å²) in [5, 5.41) is 0.318. The second-order valence-electron chi connectivity index (χ2n) is 6.34. The standard InChI is InChI=1S/C17H15Br2ClF2N2O3S/c1-24-5-4-10(8-24)27-14-6-9(2-3-12(14)20)23-28(25,26)17-15(19)13(21)7-11(18)16(17)22/h2-3,6-7,10,23H,4-5,8H2,1H3/t10-/m1/s1. The van der Waals surface area contributed by atoms with E-state index >= 15 is 0 Å². The van der Waals surface area contributed by atoms with E-state index in [4.69, 9.17) is 16.3 Å². The van der Waals surface area contributed by atoms with E-state index in [1.54, 1.807) is 0 Å². The van der Waals surface area contributed by atoms with Crippen LogP contribution in [0.5, 0.6) is 5.75 Å². The van der Waals surface area contributed by atoms with Crippen LogP contribution in [0.1, 0.15) is 6.42 Å². The van der Waals surface area contributed by atoms with Gasteiger partial charge in [0.05, 0.1) is 19.7 Å². The average molecular weight is 561 g/mol. The molecule has 0 spiro atoms. The van der Waals surface area contributed by atoms with Crippen LogP contribution in [-0.4, -0.2) is 39.6 Å². The van der Waals surface area contributed by atoms with Crippen molar-refractivity contribution in [1.82, 2.24) is 4.90 Å². The molecule has 0 saturated carbocycles. The normalized spacial score (nSPS) is 17.7. The number of benzene rings is 2. The highest BCUT2D eigenvalue weighted by atomic mass is 79.9. The summed E-state index contributed by atoms with van der Waals surface area (Å²) >= 11 is 11.8. The molecule has 152 valence electrons. The molecular weight excluding hydrogens is 546 g/mol.